The van der Waals surface area contributed by atoms with Gasteiger partial charge in [0.1, 0.15) is 0 Å². The van der Waals surface area contributed by atoms with Crippen LogP contribution in [0.5, 0.6) is 0 Å². The molecule has 3 nitrogen and oxygen atoms in total. The highest BCUT2D eigenvalue weighted by atomic mass is 16.5. The van der Waals surface area contributed by atoms with Gasteiger partial charge in [-0.25, -0.2) is 0 Å². The first-order valence-corrected chi connectivity index (χ1v) is 7.08. The van der Waals surface area contributed by atoms with E-state index in [4.69, 9.17) is 9.47 Å². The summed E-state index contributed by atoms with van der Waals surface area (Å²) in [6.07, 6.45) is 4.00. The summed E-state index contributed by atoms with van der Waals surface area (Å²) in [5.74, 6) is 0.207. The van der Waals surface area contributed by atoms with Crippen molar-refractivity contribution < 1.29 is 14.3 Å². The zero-order valence-corrected chi connectivity index (χ0v) is 12.5. The van der Waals surface area contributed by atoms with Crippen LogP contribution in [0.1, 0.15) is 53.4 Å². The number of rotatable bonds is 6. The Labute approximate surface area is 111 Å². The van der Waals surface area contributed by atoms with Crippen molar-refractivity contribution in [3.63, 3.8) is 0 Å². The van der Waals surface area contributed by atoms with Crippen molar-refractivity contribution in [2.24, 2.45) is 16.7 Å². The Morgan fingerprint density at radius 3 is 2.61 bits per heavy atom. The fraction of sp³-hybridized carbons (Fsp3) is 0.933. The molecular weight excluding hydrogens is 228 g/mol. The molecule has 1 aliphatic heterocycles. The van der Waals surface area contributed by atoms with Crippen molar-refractivity contribution >= 4 is 5.97 Å². The van der Waals surface area contributed by atoms with Gasteiger partial charge in [0.05, 0.1) is 25.7 Å². The van der Waals surface area contributed by atoms with Crippen LogP contribution in [-0.4, -0.2) is 26.3 Å². The van der Waals surface area contributed by atoms with Gasteiger partial charge in [0.25, 0.3) is 0 Å². The summed E-state index contributed by atoms with van der Waals surface area (Å²) >= 11 is 0. The maximum absolute atomic E-state index is 12.2. The van der Waals surface area contributed by atoms with Gasteiger partial charge in [-0.1, -0.05) is 40.5 Å². The second kappa shape index (κ2) is 6.05. The van der Waals surface area contributed by atoms with Crippen LogP contribution < -0.4 is 0 Å². The summed E-state index contributed by atoms with van der Waals surface area (Å²) in [4.78, 5) is 12.2. The third-order valence-corrected chi connectivity index (χ3v) is 4.50. The van der Waals surface area contributed by atoms with Crippen LogP contribution in [0, 0.1) is 16.7 Å². The predicted octanol–water partition coefficient (Wildman–Crippen LogP) is 3.42. The van der Waals surface area contributed by atoms with E-state index >= 15 is 0 Å². The molecule has 0 N–H and O–H groups in total. The van der Waals surface area contributed by atoms with Gasteiger partial charge in [-0.3, -0.25) is 4.79 Å². The Hall–Kier alpha value is -0.570. The van der Waals surface area contributed by atoms with Crippen molar-refractivity contribution in [1.82, 2.24) is 0 Å². The SMILES string of the molecule is CCCC1(C(=O)OC)COCC1CC(C)(C)CC. The lowest BCUT2D eigenvalue weighted by Gasteiger charge is -2.35. The van der Waals surface area contributed by atoms with Crippen molar-refractivity contribution in [3.05, 3.63) is 0 Å². The summed E-state index contributed by atoms with van der Waals surface area (Å²) in [5, 5.41) is 0. The number of carbonyl (C=O) groups excluding carboxylic acids is 1. The topological polar surface area (TPSA) is 35.5 Å². The highest BCUT2D eigenvalue weighted by Gasteiger charge is 2.51. The van der Waals surface area contributed by atoms with E-state index in [-0.39, 0.29) is 11.4 Å². The highest BCUT2D eigenvalue weighted by Crippen LogP contribution is 2.46. The van der Waals surface area contributed by atoms with Gasteiger partial charge >= 0.3 is 5.97 Å². The molecular formula is C15H28O3. The molecule has 3 heteroatoms. The number of hydrogen-bond donors (Lipinski definition) is 0. The number of esters is 1. The summed E-state index contributed by atoms with van der Waals surface area (Å²) < 4.78 is 10.7. The summed E-state index contributed by atoms with van der Waals surface area (Å²) in [5.41, 5.74) is -0.151. The number of carbonyl (C=O) groups is 1. The molecule has 2 unspecified atom stereocenters. The minimum atomic E-state index is -0.407. The number of hydrogen-bond acceptors (Lipinski definition) is 3. The lowest BCUT2D eigenvalue weighted by atomic mass is 9.67. The van der Waals surface area contributed by atoms with E-state index in [1.165, 1.54) is 7.11 Å². The molecule has 106 valence electrons. The number of ether oxygens (including phenoxy) is 2. The summed E-state index contributed by atoms with van der Waals surface area (Å²) in [7, 11) is 1.49. The smallest absolute Gasteiger partial charge is 0.314 e. The molecule has 0 aliphatic carbocycles. The van der Waals surface area contributed by atoms with Crippen molar-refractivity contribution in [2.75, 3.05) is 20.3 Å². The first-order chi connectivity index (χ1) is 8.41. The van der Waals surface area contributed by atoms with Gasteiger partial charge in [-0.05, 0) is 18.3 Å². The average molecular weight is 256 g/mol. The maximum Gasteiger partial charge on any atom is 0.314 e. The van der Waals surface area contributed by atoms with Gasteiger partial charge in [-0.15, -0.1) is 0 Å². The molecule has 0 radical (unpaired) electrons. The molecule has 1 aliphatic rings. The second-order valence-electron chi connectivity index (χ2n) is 6.33. The Morgan fingerprint density at radius 1 is 1.44 bits per heavy atom. The first-order valence-electron chi connectivity index (χ1n) is 7.08. The van der Waals surface area contributed by atoms with Crippen LogP contribution in [-0.2, 0) is 14.3 Å². The normalized spacial score (nSPS) is 28.4. The molecule has 0 amide bonds. The second-order valence-corrected chi connectivity index (χ2v) is 6.33. The van der Waals surface area contributed by atoms with Crippen LogP contribution in [0.4, 0.5) is 0 Å². The predicted molar refractivity (Wildman–Crippen MR) is 72.4 cm³/mol. The lowest BCUT2D eigenvalue weighted by molar-refractivity contribution is -0.156. The zero-order chi connectivity index (χ0) is 13.8. The van der Waals surface area contributed by atoms with Crippen LogP contribution >= 0.6 is 0 Å². The van der Waals surface area contributed by atoms with Gasteiger partial charge in [-0.2, -0.15) is 0 Å². The molecule has 0 spiro atoms. The van der Waals surface area contributed by atoms with Gasteiger partial charge < -0.3 is 9.47 Å². The first kappa shape index (κ1) is 15.5. The van der Waals surface area contributed by atoms with E-state index in [1.807, 2.05) is 0 Å². The zero-order valence-electron chi connectivity index (χ0n) is 12.5. The quantitative estimate of drug-likeness (QED) is 0.683. The molecule has 1 heterocycles. The van der Waals surface area contributed by atoms with Crippen LogP contribution in [0.15, 0.2) is 0 Å². The van der Waals surface area contributed by atoms with Crippen LogP contribution in [0.3, 0.4) is 0 Å². The van der Waals surface area contributed by atoms with Crippen molar-refractivity contribution in [1.29, 1.82) is 0 Å². The van der Waals surface area contributed by atoms with Gasteiger partial charge in [0, 0.05) is 5.92 Å². The van der Waals surface area contributed by atoms with E-state index < -0.39 is 5.41 Å². The molecule has 0 aromatic rings. The average Bonchev–Trinajstić information content (AvgIpc) is 2.72. The molecule has 18 heavy (non-hydrogen) atoms. The fourth-order valence-electron chi connectivity index (χ4n) is 2.98. The largest absolute Gasteiger partial charge is 0.469 e. The molecule has 0 aromatic carbocycles. The van der Waals surface area contributed by atoms with E-state index in [0.717, 1.165) is 25.7 Å². The van der Waals surface area contributed by atoms with E-state index in [2.05, 4.69) is 27.7 Å². The summed E-state index contributed by atoms with van der Waals surface area (Å²) in [6.45, 7) is 10.1. The number of methoxy groups -OCH3 is 1. The van der Waals surface area contributed by atoms with E-state index in [9.17, 15) is 4.79 Å². The molecule has 1 fully saturated rings. The van der Waals surface area contributed by atoms with Gasteiger partial charge in [0.15, 0.2) is 0 Å². The monoisotopic (exact) mass is 256 g/mol. The van der Waals surface area contributed by atoms with Crippen molar-refractivity contribution in [2.45, 2.75) is 53.4 Å². The maximum atomic E-state index is 12.2. The third-order valence-electron chi connectivity index (χ3n) is 4.50. The minimum Gasteiger partial charge on any atom is -0.469 e. The highest BCUT2D eigenvalue weighted by molar-refractivity contribution is 5.77. The Bertz CT molecular complexity index is 285. The Balaban J connectivity index is 2.90. The lowest BCUT2D eigenvalue weighted by Crippen LogP contribution is -2.41. The van der Waals surface area contributed by atoms with Crippen LogP contribution in [0.25, 0.3) is 0 Å². The van der Waals surface area contributed by atoms with E-state index in [0.29, 0.717) is 19.1 Å². The van der Waals surface area contributed by atoms with Crippen LogP contribution in [0.2, 0.25) is 0 Å². The Morgan fingerprint density at radius 2 is 2.11 bits per heavy atom. The molecule has 1 saturated heterocycles. The Kier molecular flexibility index (Phi) is 5.20. The molecule has 0 saturated carbocycles. The third kappa shape index (κ3) is 3.05. The van der Waals surface area contributed by atoms with Crippen molar-refractivity contribution in [3.8, 4) is 0 Å². The van der Waals surface area contributed by atoms with Gasteiger partial charge in [0.2, 0.25) is 0 Å². The molecule has 0 bridgehead atoms. The molecule has 0 aromatic heterocycles. The standard InChI is InChI=1S/C15H28O3/c1-6-8-15(13(16)17-5)11-18-10-12(15)9-14(3,4)7-2/h12H,6-11H2,1-5H3. The summed E-state index contributed by atoms with van der Waals surface area (Å²) in [6, 6.07) is 0. The van der Waals surface area contributed by atoms with E-state index in [1.54, 1.807) is 0 Å². The molecule has 1 rings (SSSR count). The fourth-order valence-corrected chi connectivity index (χ4v) is 2.98. The molecule has 2 atom stereocenters. The minimum absolute atomic E-state index is 0.0845.